The molecule has 2 rings (SSSR count). The molecular weight excluding hydrogens is 292 g/mol. The fourth-order valence-electron chi connectivity index (χ4n) is 1.51. The summed E-state index contributed by atoms with van der Waals surface area (Å²) in [6.07, 6.45) is 0. The van der Waals surface area contributed by atoms with E-state index in [2.05, 4.69) is 25.9 Å². The third kappa shape index (κ3) is 2.95. The van der Waals surface area contributed by atoms with Crippen molar-refractivity contribution >= 4 is 17.3 Å². The highest BCUT2D eigenvalue weighted by Crippen LogP contribution is 2.29. The fourth-order valence-corrected chi connectivity index (χ4v) is 1.68. The molecule has 0 atom stereocenters. The maximum atomic E-state index is 9.06. The van der Waals surface area contributed by atoms with E-state index in [9.17, 15) is 0 Å². The molecule has 1 heterocycles. The highest BCUT2D eigenvalue weighted by Gasteiger charge is 2.13. The van der Waals surface area contributed by atoms with Crippen LogP contribution in [0.4, 0.5) is 5.69 Å². The molecule has 0 radical (unpaired) electrons. The van der Waals surface area contributed by atoms with E-state index in [0.29, 0.717) is 16.3 Å². The number of tetrazole rings is 1. The number of rotatable bonds is 3. The van der Waals surface area contributed by atoms with Crippen molar-refractivity contribution in [1.29, 1.82) is 15.8 Å². The Morgan fingerprint density at radius 3 is 2.52 bits per heavy atom. The van der Waals surface area contributed by atoms with Gasteiger partial charge in [-0.1, -0.05) is 11.6 Å². The Hall–Kier alpha value is -3.41. The number of allylic oxidation sites excluding steroid dienone is 2. The van der Waals surface area contributed by atoms with Crippen molar-refractivity contribution in [3.05, 3.63) is 34.5 Å². The monoisotopic (exact) mass is 296 g/mol. The number of halogens is 1. The van der Waals surface area contributed by atoms with Crippen molar-refractivity contribution < 1.29 is 0 Å². The van der Waals surface area contributed by atoms with Gasteiger partial charge in [-0.3, -0.25) is 0 Å². The molecule has 0 aliphatic rings. The topological polar surface area (TPSA) is 138 Å². The van der Waals surface area contributed by atoms with E-state index in [1.165, 1.54) is 6.07 Å². The Kier molecular flexibility index (Phi) is 4.11. The van der Waals surface area contributed by atoms with Crippen LogP contribution in [0, 0.1) is 34.0 Å². The number of anilines is 1. The van der Waals surface area contributed by atoms with E-state index >= 15 is 0 Å². The first-order chi connectivity index (χ1) is 10.2. The van der Waals surface area contributed by atoms with Gasteiger partial charge in [0.15, 0.2) is 5.57 Å². The van der Waals surface area contributed by atoms with E-state index in [1.807, 2.05) is 0 Å². The molecule has 0 unspecified atom stereocenters. The standard InChI is InChI=1S/C12H5ClN8/c13-8-1-2-9(12-18-20-21-19-12)10(3-8)17-11(6-16)7(4-14)5-15/h1-3,17H,(H,18,19,20,21). The lowest BCUT2D eigenvalue weighted by molar-refractivity contribution is 0.881. The molecule has 2 N–H and O–H groups in total. The number of nitriles is 3. The van der Waals surface area contributed by atoms with Crippen LogP contribution >= 0.6 is 11.6 Å². The molecule has 0 spiro atoms. The van der Waals surface area contributed by atoms with Crippen LogP contribution in [-0.4, -0.2) is 20.6 Å². The van der Waals surface area contributed by atoms with Gasteiger partial charge in [0.05, 0.1) is 5.69 Å². The van der Waals surface area contributed by atoms with Crippen molar-refractivity contribution in [3.63, 3.8) is 0 Å². The van der Waals surface area contributed by atoms with Crippen LogP contribution < -0.4 is 5.32 Å². The molecule has 1 aromatic heterocycles. The lowest BCUT2D eigenvalue weighted by atomic mass is 10.1. The SMILES string of the molecule is N#CC(C#N)=C(C#N)Nc1cc(Cl)ccc1-c1nn[nH]n1. The average molecular weight is 297 g/mol. The van der Waals surface area contributed by atoms with Crippen molar-refractivity contribution in [3.8, 4) is 29.6 Å². The van der Waals surface area contributed by atoms with E-state index in [4.69, 9.17) is 27.4 Å². The molecule has 1 aromatic carbocycles. The summed E-state index contributed by atoms with van der Waals surface area (Å²) in [5.41, 5.74) is 0.364. The predicted octanol–water partition coefficient (Wildman–Crippen LogP) is 1.76. The van der Waals surface area contributed by atoms with Gasteiger partial charge < -0.3 is 5.32 Å². The molecule has 0 aliphatic carbocycles. The predicted molar refractivity (Wildman–Crippen MR) is 72.1 cm³/mol. The second kappa shape index (κ2) is 6.16. The van der Waals surface area contributed by atoms with Crippen LogP contribution in [0.2, 0.25) is 5.02 Å². The second-order valence-electron chi connectivity index (χ2n) is 3.64. The average Bonchev–Trinajstić information content (AvgIpc) is 3.01. The Labute approximate surface area is 123 Å². The number of nitrogens with one attached hydrogen (secondary N) is 2. The van der Waals surface area contributed by atoms with Gasteiger partial charge in [-0.05, 0) is 23.4 Å². The number of aromatic amines is 1. The summed E-state index contributed by atoms with van der Waals surface area (Å²) in [7, 11) is 0. The Balaban J connectivity index is 2.53. The lowest BCUT2D eigenvalue weighted by Crippen LogP contribution is -2.02. The van der Waals surface area contributed by atoms with Gasteiger partial charge in [0, 0.05) is 10.6 Å². The number of hydrogen-bond donors (Lipinski definition) is 2. The summed E-state index contributed by atoms with van der Waals surface area (Å²) in [6.45, 7) is 0. The lowest BCUT2D eigenvalue weighted by Gasteiger charge is -2.09. The smallest absolute Gasteiger partial charge is 0.206 e. The fraction of sp³-hybridized carbons (Fsp3) is 0. The maximum absolute atomic E-state index is 9.06. The minimum atomic E-state index is -0.337. The van der Waals surface area contributed by atoms with Gasteiger partial charge >= 0.3 is 0 Å². The van der Waals surface area contributed by atoms with Crippen LogP contribution in [0.3, 0.4) is 0 Å². The first-order valence-electron chi connectivity index (χ1n) is 5.44. The summed E-state index contributed by atoms with van der Waals surface area (Å²) in [4.78, 5) is 0. The quantitative estimate of drug-likeness (QED) is 0.823. The second-order valence-corrected chi connectivity index (χ2v) is 4.07. The molecule has 0 saturated carbocycles. The van der Waals surface area contributed by atoms with Gasteiger partial charge in [0.25, 0.3) is 0 Å². The van der Waals surface area contributed by atoms with Gasteiger partial charge in [-0.15, -0.1) is 10.2 Å². The number of hydrogen-bond acceptors (Lipinski definition) is 7. The van der Waals surface area contributed by atoms with Crippen LogP contribution in [0.15, 0.2) is 29.5 Å². The van der Waals surface area contributed by atoms with Crippen LogP contribution in [0.1, 0.15) is 0 Å². The summed E-state index contributed by atoms with van der Waals surface area (Å²) < 4.78 is 0. The van der Waals surface area contributed by atoms with Crippen LogP contribution in [-0.2, 0) is 0 Å². The third-order valence-corrected chi connectivity index (χ3v) is 2.65. The number of H-pyrrole nitrogens is 1. The summed E-state index contributed by atoms with van der Waals surface area (Å²) in [5, 5.41) is 43.2. The molecule has 9 heteroatoms. The first-order valence-corrected chi connectivity index (χ1v) is 5.82. The Morgan fingerprint density at radius 2 is 1.95 bits per heavy atom. The zero-order valence-electron chi connectivity index (χ0n) is 10.3. The van der Waals surface area contributed by atoms with E-state index in [0.717, 1.165) is 0 Å². The molecule has 2 aromatic rings. The van der Waals surface area contributed by atoms with E-state index < -0.39 is 0 Å². The normalized spacial score (nSPS) is 9.05. The van der Waals surface area contributed by atoms with E-state index in [-0.39, 0.29) is 17.1 Å². The molecule has 0 aliphatic heterocycles. The zero-order chi connectivity index (χ0) is 15.2. The molecule has 0 saturated heterocycles. The molecule has 0 amide bonds. The van der Waals surface area contributed by atoms with Gasteiger partial charge in [-0.25, -0.2) is 0 Å². The van der Waals surface area contributed by atoms with Crippen LogP contribution in [0.25, 0.3) is 11.4 Å². The van der Waals surface area contributed by atoms with E-state index in [1.54, 1.807) is 30.3 Å². The minimum Gasteiger partial charge on any atom is -0.344 e. The maximum Gasteiger partial charge on any atom is 0.206 e. The van der Waals surface area contributed by atoms with Crippen LogP contribution in [0.5, 0.6) is 0 Å². The summed E-state index contributed by atoms with van der Waals surface area (Å²) >= 11 is 5.92. The van der Waals surface area contributed by atoms with Crippen molar-refractivity contribution in [1.82, 2.24) is 20.6 Å². The van der Waals surface area contributed by atoms with Gasteiger partial charge in [0.2, 0.25) is 5.82 Å². The van der Waals surface area contributed by atoms with Gasteiger partial charge in [-0.2, -0.15) is 21.0 Å². The Morgan fingerprint density at radius 1 is 1.19 bits per heavy atom. The molecule has 0 fully saturated rings. The Bertz CT molecular complexity index is 800. The number of aromatic nitrogens is 4. The van der Waals surface area contributed by atoms with Crippen molar-refractivity contribution in [2.45, 2.75) is 0 Å². The molecule has 100 valence electrons. The number of benzene rings is 1. The zero-order valence-corrected chi connectivity index (χ0v) is 11.0. The molecule has 21 heavy (non-hydrogen) atoms. The molecule has 0 bridgehead atoms. The third-order valence-electron chi connectivity index (χ3n) is 2.41. The highest BCUT2D eigenvalue weighted by molar-refractivity contribution is 6.31. The molecular formula is C12H5ClN8. The first kappa shape index (κ1) is 14.0. The van der Waals surface area contributed by atoms with Gasteiger partial charge in [0.1, 0.15) is 23.9 Å². The van der Waals surface area contributed by atoms with Crippen molar-refractivity contribution in [2.75, 3.05) is 5.32 Å². The summed E-state index contributed by atoms with van der Waals surface area (Å²) in [5.74, 6) is 0.280. The van der Waals surface area contributed by atoms with Crippen molar-refractivity contribution in [2.24, 2.45) is 0 Å². The summed E-state index contributed by atoms with van der Waals surface area (Å²) in [6, 6.07) is 9.81. The highest BCUT2D eigenvalue weighted by atomic mass is 35.5. The number of nitrogens with zero attached hydrogens (tertiary/aromatic N) is 6. The molecule has 8 nitrogen and oxygen atoms in total. The largest absolute Gasteiger partial charge is 0.344 e. The minimum absolute atomic E-state index is 0.188.